The van der Waals surface area contributed by atoms with Crippen molar-refractivity contribution in [3.63, 3.8) is 0 Å². The summed E-state index contributed by atoms with van der Waals surface area (Å²) in [5, 5.41) is 0. The number of methoxy groups -OCH3 is 1. The van der Waals surface area contributed by atoms with Crippen LogP contribution in [0.1, 0.15) is 46.2 Å². The van der Waals surface area contributed by atoms with Gasteiger partial charge < -0.3 is 24.1 Å². The van der Waals surface area contributed by atoms with Crippen molar-refractivity contribution in [3.05, 3.63) is 53.4 Å². The SMILES string of the molecule is CCOc1ccc(/C=C/C(=O)OCC(=O)c2c[nH]c(C(=O)N3CCCC3)c2)cc1OC. The van der Waals surface area contributed by atoms with E-state index >= 15 is 0 Å². The van der Waals surface area contributed by atoms with Gasteiger partial charge >= 0.3 is 5.97 Å². The highest BCUT2D eigenvalue weighted by molar-refractivity contribution is 6.01. The number of ether oxygens (including phenoxy) is 3. The Bertz CT molecular complexity index is 972. The molecule has 0 radical (unpaired) electrons. The molecule has 1 N–H and O–H groups in total. The van der Waals surface area contributed by atoms with Crippen molar-refractivity contribution in [1.29, 1.82) is 0 Å². The maximum atomic E-state index is 12.3. The molecule has 1 aromatic heterocycles. The summed E-state index contributed by atoms with van der Waals surface area (Å²) >= 11 is 0. The predicted octanol–water partition coefficient (Wildman–Crippen LogP) is 3.10. The average Bonchev–Trinajstić information content (AvgIpc) is 3.49. The van der Waals surface area contributed by atoms with E-state index in [0.29, 0.717) is 29.4 Å². The third-order valence-corrected chi connectivity index (χ3v) is 4.87. The van der Waals surface area contributed by atoms with Crippen LogP contribution in [0.3, 0.4) is 0 Å². The smallest absolute Gasteiger partial charge is 0.331 e. The van der Waals surface area contributed by atoms with Crippen molar-refractivity contribution in [2.75, 3.05) is 33.4 Å². The van der Waals surface area contributed by atoms with Crippen LogP contribution in [0.25, 0.3) is 6.08 Å². The number of aromatic amines is 1. The van der Waals surface area contributed by atoms with E-state index in [-0.39, 0.29) is 11.7 Å². The van der Waals surface area contributed by atoms with Crippen LogP contribution in [-0.4, -0.2) is 61.0 Å². The molecule has 0 atom stereocenters. The summed E-state index contributed by atoms with van der Waals surface area (Å²) < 4.78 is 15.8. The standard InChI is InChI=1S/C23H26N2O6/c1-3-30-20-8-6-16(12-21(20)29-2)7-9-22(27)31-15-19(26)17-13-18(24-14-17)23(28)25-10-4-5-11-25/h6-9,12-14,24H,3-5,10-11,15H2,1-2H3/b9-7+. The van der Waals surface area contributed by atoms with Gasteiger partial charge in [-0.3, -0.25) is 9.59 Å². The largest absolute Gasteiger partial charge is 0.493 e. The van der Waals surface area contributed by atoms with E-state index < -0.39 is 12.6 Å². The molecule has 164 valence electrons. The highest BCUT2D eigenvalue weighted by Crippen LogP contribution is 2.28. The van der Waals surface area contributed by atoms with Gasteiger partial charge in [-0.2, -0.15) is 0 Å². The van der Waals surface area contributed by atoms with Crippen molar-refractivity contribution < 1.29 is 28.6 Å². The van der Waals surface area contributed by atoms with Crippen LogP contribution < -0.4 is 9.47 Å². The Labute approximate surface area is 180 Å². The lowest BCUT2D eigenvalue weighted by molar-refractivity contribution is -0.136. The molecule has 8 heteroatoms. The van der Waals surface area contributed by atoms with Crippen molar-refractivity contribution in [2.24, 2.45) is 0 Å². The molecule has 8 nitrogen and oxygen atoms in total. The van der Waals surface area contributed by atoms with Gasteiger partial charge in [-0.1, -0.05) is 6.07 Å². The van der Waals surface area contributed by atoms with E-state index in [1.807, 2.05) is 6.92 Å². The Kier molecular flexibility index (Phi) is 7.48. The number of carbonyl (C=O) groups excluding carboxylic acids is 3. The molecule has 0 saturated carbocycles. The number of Topliss-reactive ketones (excluding diaryl/α,β-unsaturated/α-hetero) is 1. The molecule has 2 aromatic rings. The highest BCUT2D eigenvalue weighted by Gasteiger charge is 2.22. The summed E-state index contributed by atoms with van der Waals surface area (Å²) in [6.45, 7) is 3.44. The van der Waals surface area contributed by atoms with E-state index in [4.69, 9.17) is 14.2 Å². The first-order chi connectivity index (χ1) is 15.0. The normalized spacial score (nSPS) is 13.4. The second-order valence-electron chi connectivity index (χ2n) is 7.01. The molecule has 0 aliphatic carbocycles. The molecule has 0 bridgehead atoms. The zero-order valence-electron chi connectivity index (χ0n) is 17.7. The number of rotatable bonds is 9. The third kappa shape index (κ3) is 5.75. The minimum atomic E-state index is -0.648. The number of esters is 1. The summed E-state index contributed by atoms with van der Waals surface area (Å²) in [5.41, 5.74) is 1.38. The van der Waals surface area contributed by atoms with Gasteiger partial charge in [0, 0.05) is 30.9 Å². The number of ketones is 1. The van der Waals surface area contributed by atoms with Crippen LogP contribution in [0, 0.1) is 0 Å². The molecule has 1 aliphatic rings. The van der Waals surface area contributed by atoms with Crippen LogP contribution in [0.15, 0.2) is 36.5 Å². The van der Waals surface area contributed by atoms with Crippen molar-refractivity contribution in [1.82, 2.24) is 9.88 Å². The molecule has 31 heavy (non-hydrogen) atoms. The number of hydrogen-bond donors (Lipinski definition) is 1. The Morgan fingerprint density at radius 2 is 1.90 bits per heavy atom. The number of nitrogens with zero attached hydrogens (tertiary/aromatic N) is 1. The number of hydrogen-bond acceptors (Lipinski definition) is 6. The minimum Gasteiger partial charge on any atom is -0.493 e. The molecule has 2 heterocycles. The molecule has 1 amide bonds. The third-order valence-electron chi connectivity index (χ3n) is 4.87. The summed E-state index contributed by atoms with van der Waals surface area (Å²) in [7, 11) is 1.54. The molecule has 1 fully saturated rings. The van der Waals surface area contributed by atoms with Crippen LogP contribution in [0.5, 0.6) is 11.5 Å². The molecule has 3 rings (SSSR count). The van der Waals surface area contributed by atoms with Gasteiger partial charge in [-0.05, 0) is 49.6 Å². The quantitative estimate of drug-likeness (QED) is 0.376. The van der Waals surface area contributed by atoms with Gasteiger partial charge in [-0.25, -0.2) is 4.79 Å². The Morgan fingerprint density at radius 1 is 1.13 bits per heavy atom. The molecule has 1 aromatic carbocycles. The van der Waals surface area contributed by atoms with Crippen molar-refractivity contribution in [2.45, 2.75) is 19.8 Å². The maximum absolute atomic E-state index is 12.3. The van der Waals surface area contributed by atoms with Crippen LogP contribution in [-0.2, 0) is 9.53 Å². The maximum Gasteiger partial charge on any atom is 0.331 e. The molecule has 0 unspecified atom stereocenters. The van der Waals surface area contributed by atoms with Gasteiger partial charge in [0.25, 0.3) is 5.91 Å². The van der Waals surface area contributed by atoms with Crippen molar-refractivity contribution in [3.8, 4) is 11.5 Å². The Balaban J connectivity index is 1.52. The number of carbonyl (C=O) groups is 3. The number of H-pyrrole nitrogens is 1. The van der Waals surface area contributed by atoms with Crippen LogP contribution in [0.2, 0.25) is 0 Å². The first kappa shape index (κ1) is 22.1. The summed E-state index contributed by atoms with van der Waals surface area (Å²) in [5.74, 6) is 0.0114. The Morgan fingerprint density at radius 3 is 2.61 bits per heavy atom. The van der Waals surface area contributed by atoms with Gasteiger partial charge in [0.15, 0.2) is 18.1 Å². The zero-order chi connectivity index (χ0) is 22.2. The highest BCUT2D eigenvalue weighted by atomic mass is 16.5. The first-order valence-electron chi connectivity index (χ1n) is 10.2. The number of nitrogens with one attached hydrogen (secondary N) is 1. The lowest BCUT2D eigenvalue weighted by atomic mass is 10.2. The molecule has 1 saturated heterocycles. The predicted molar refractivity (Wildman–Crippen MR) is 114 cm³/mol. The summed E-state index contributed by atoms with van der Waals surface area (Å²) in [6.07, 6.45) is 6.24. The van der Waals surface area contributed by atoms with Gasteiger partial charge in [0.05, 0.1) is 13.7 Å². The van der Waals surface area contributed by atoms with E-state index in [1.165, 1.54) is 25.4 Å². The van der Waals surface area contributed by atoms with Crippen molar-refractivity contribution >= 4 is 23.7 Å². The lowest BCUT2D eigenvalue weighted by Crippen LogP contribution is -2.27. The number of aromatic nitrogens is 1. The van der Waals surface area contributed by atoms with E-state index in [9.17, 15) is 14.4 Å². The molecular formula is C23H26N2O6. The minimum absolute atomic E-state index is 0.123. The average molecular weight is 426 g/mol. The van der Waals surface area contributed by atoms with Crippen LogP contribution >= 0.6 is 0 Å². The fourth-order valence-electron chi connectivity index (χ4n) is 3.26. The number of likely N-dealkylation sites (tertiary alicyclic amines) is 1. The zero-order valence-corrected chi connectivity index (χ0v) is 17.7. The van der Waals surface area contributed by atoms with Gasteiger partial charge in [0.1, 0.15) is 5.69 Å². The Hall–Kier alpha value is -3.55. The summed E-state index contributed by atoms with van der Waals surface area (Å²) in [4.78, 5) is 41.2. The fourth-order valence-corrected chi connectivity index (χ4v) is 3.26. The van der Waals surface area contributed by atoms with E-state index in [2.05, 4.69) is 4.98 Å². The molecule has 1 aliphatic heterocycles. The number of benzene rings is 1. The fraction of sp³-hybridized carbons (Fsp3) is 0.348. The topological polar surface area (TPSA) is 97.9 Å². The van der Waals surface area contributed by atoms with Gasteiger partial charge in [0.2, 0.25) is 5.78 Å². The van der Waals surface area contributed by atoms with E-state index in [1.54, 1.807) is 29.2 Å². The second-order valence-corrected chi connectivity index (χ2v) is 7.01. The molecular weight excluding hydrogens is 400 g/mol. The van der Waals surface area contributed by atoms with Gasteiger partial charge in [-0.15, -0.1) is 0 Å². The lowest BCUT2D eigenvalue weighted by Gasteiger charge is -2.13. The first-order valence-corrected chi connectivity index (χ1v) is 10.2. The summed E-state index contributed by atoms with van der Waals surface area (Å²) in [6, 6.07) is 6.77. The van der Waals surface area contributed by atoms with Crippen LogP contribution in [0.4, 0.5) is 0 Å². The second kappa shape index (κ2) is 10.5. The molecule has 0 spiro atoms. The number of amides is 1. The van der Waals surface area contributed by atoms with E-state index in [0.717, 1.165) is 31.5 Å². The monoisotopic (exact) mass is 426 g/mol.